The van der Waals surface area contributed by atoms with Gasteiger partial charge in [0.05, 0.1) is 12.2 Å². The summed E-state index contributed by atoms with van der Waals surface area (Å²) in [5, 5.41) is 3.72. The van der Waals surface area contributed by atoms with Gasteiger partial charge in [0.15, 0.2) is 0 Å². The van der Waals surface area contributed by atoms with Crippen LogP contribution in [0.25, 0.3) is 0 Å². The summed E-state index contributed by atoms with van der Waals surface area (Å²) in [6, 6.07) is 5.75. The number of hydrogen-bond donors (Lipinski definition) is 1. The standard InChI is InChI=1S/C19H23N2O6PS2/c1-5-28(25,26-12-14(4)30-29-13(2)3)20-16-8-6-15(7-9-16)19(24)27-21-17(22)10-11-18(21)23/h1,6-9,13-14H,10-12H2,2-4H3,(H,20,25). The van der Waals surface area contributed by atoms with Gasteiger partial charge in [-0.25, -0.2) is 4.79 Å². The summed E-state index contributed by atoms with van der Waals surface area (Å²) >= 11 is 0. The molecule has 2 unspecified atom stereocenters. The highest BCUT2D eigenvalue weighted by Gasteiger charge is 2.33. The van der Waals surface area contributed by atoms with Crippen molar-refractivity contribution in [1.29, 1.82) is 0 Å². The number of rotatable bonds is 10. The molecule has 2 amide bonds. The summed E-state index contributed by atoms with van der Waals surface area (Å²) in [5.41, 5.74) is 2.67. The Labute approximate surface area is 183 Å². The molecular weight excluding hydrogens is 447 g/mol. The van der Waals surface area contributed by atoms with Gasteiger partial charge < -0.3 is 14.4 Å². The molecular formula is C19H23N2O6PS2. The Morgan fingerprint density at radius 2 is 1.80 bits per heavy atom. The largest absolute Gasteiger partial charge is 0.367 e. The highest BCUT2D eigenvalue weighted by atomic mass is 33.1. The van der Waals surface area contributed by atoms with Crippen LogP contribution in [0.3, 0.4) is 0 Å². The Bertz CT molecular complexity index is 868. The van der Waals surface area contributed by atoms with Gasteiger partial charge in [0.2, 0.25) is 0 Å². The van der Waals surface area contributed by atoms with Crippen molar-refractivity contribution in [2.45, 2.75) is 44.1 Å². The van der Waals surface area contributed by atoms with E-state index in [2.05, 4.69) is 24.6 Å². The van der Waals surface area contributed by atoms with Crippen LogP contribution in [-0.4, -0.2) is 40.0 Å². The highest BCUT2D eigenvalue weighted by molar-refractivity contribution is 8.77. The first-order chi connectivity index (χ1) is 14.1. The van der Waals surface area contributed by atoms with Crippen LogP contribution >= 0.6 is 29.1 Å². The molecule has 0 spiro atoms. The smallest absolute Gasteiger partial charge is 0.325 e. The molecule has 30 heavy (non-hydrogen) atoms. The second-order valence-corrected chi connectivity index (χ2v) is 11.8. The third-order valence-electron chi connectivity index (χ3n) is 3.65. The van der Waals surface area contributed by atoms with E-state index in [0.717, 1.165) is 0 Å². The van der Waals surface area contributed by atoms with E-state index in [1.54, 1.807) is 21.6 Å². The average Bonchev–Trinajstić information content (AvgIpc) is 3.03. The molecule has 1 saturated heterocycles. The van der Waals surface area contributed by atoms with Gasteiger partial charge in [0.1, 0.15) is 0 Å². The van der Waals surface area contributed by atoms with Crippen molar-refractivity contribution in [3.05, 3.63) is 29.8 Å². The molecule has 1 aliphatic heterocycles. The number of anilines is 1. The fourth-order valence-corrected chi connectivity index (χ4v) is 5.35. The van der Waals surface area contributed by atoms with Crippen LogP contribution in [0.2, 0.25) is 0 Å². The van der Waals surface area contributed by atoms with E-state index in [0.29, 0.717) is 16.0 Å². The van der Waals surface area contributed by atoms with Gasteiger partial charge in [-0.05, 0) is 24.3 Å². The van der Waals surface area contributed by atoms with Crippen molar-refractivity contribution < 1.29 is 28.3 Å². The first-order valence-corrected chi connectivity index (χ1v) is 13.0. The lowest BCUT2D eigenvalue weighted by molar-refractivity contribution is -0.172. The summed E-state index contributed by atoms with van der Waals surface area (Å²) in [4.78, 5) is 40.0. The monoisotopic (exact) mass is 470 g/mol. The molecule has 0 radical (unpaired) electrons. The second kappa shape index (κ2) is 10.9. The molecule has 2 rings (SSSR count). The van der Waals surface area contributed by atoms with Crippen molar-refractivity contribution in [2.75, 3.05) is 11.7 Å². The normalized spacial score (nSPS) is 16.8. The molecule has 11 heteroatoms. The summed E-state index contributed by atoms with van der Waals surface area (Å²) in [7, 11) is -0.227. The second-order valence-electron chi connectivity index (χ2n) is 6.68. The van der Waals surface area contributed by atoms with E-state index in [4.69, 9.17) is 15.8 Å². The number of carbonyl (C=O) groups is 3. The lowest BCUT2D eigenvalue weighted by atomic mass is 10.2. The minimum absolute atomic E-state index is 0.0175. The van der Waals surface area contributed by atoms with Crippen LogP contribution in [-0.2, 0) is 23.5 Å². The number of carbonyl (C=O) groups excluding carboxylic acids is 3. The number of nitrogens with one attached hydrogen (secondary N) is 1. The number of hydrogen-bond acceptors (Lipinski definition) is 8. The lowest BCUT2D eigenvalue weighted by Gasteiger charge is -2.18. The number of nitrogens with zero attached hydrogens (tertiary/aromatic N) is 1. The summed E-state index contributed by atoms with van der Waals surface area (Å²) < 4.78 is 18.2. The zero-order valence-corrected chi connectivity index (χ0v) is 19.4. The fourth-order valence-electron chi connectivity index (χ4n) is 2.19. The van der Waals surface area contributed by atoms with Gasteiger partial charge in [-0.3, -0.25) is 14.2 Å². The van der Waals surface area contributed by atoms with E-state index in [1.165, 1.54) is 24.3 Å². The number of benzene rings is 1. The maximum Gasteiger partial charge on any atom is 0.367 e. The average molecular weight is 471 g/mol. The molecule has 1 aromatic carbocycles. The van der Waals surface area contributed by atoms with E-state index in [-0.39, 0.29) is 30.3 Å². The summed E-state index contributed by atoms with van der Waals surface area (Å²) in [6.07, 6.45) is 5.44. The van der Waals surface area contributed by atoms with Gasteiger partial charge >= 0.3 is 13.5 Å². The van der Waals surface area contributed by atoms with Crippen LogP contribution in [0.4, 0.5) is 5.69 Å². The molecule has 0 aromatic heterocycles. The molecule has 1 aromatic rings. The van der Waals surface area contributed by atoms with Crippen LogP contribution < -0.4 is 5.09 Å². The quantitative estimate of drug-likeness (QED) is 0.232. The van der Waals surface area contributed by atoms with Crippen molar-refractivity contribution in [1.82, 2.24) is 5.06 Å². The third-order valence-corrected chi connectivity index (χ3v) is 8.49. The highest BCUT2D eigenvalue weighted by Crippen LogP contribution is 2.46. The molecule has 0 bridgehead atoms. The van der Waals surface area contributed by atoms with Crippen LogP contribution in [0, 0.1) is 12.1 Å². The number of imide groups is 1. The lowest BCUT2D eigenvalue weighted by Crippen LogP contribution is -2.32. The van der Waals surface area contributed by atoms with Gasteiger partial charge in [-0.1, -0.05) is 42.4 Å². The Balaban J connectivity index is 1.93. The molecule has 1 N–H and O–H groups in total. The van der Waals surface area contributed by atoms with E-state index in [9.17, 15) is 18.9 Å². The van der Waals surface area contributed by atoms with Crippen molar-refractivity contribution in [2.24, 2.45) is 0 Å². The van der Waals surface area contributed by atoms with Crippen molar-refractivity contribution in [3.8, 4) is 12.1 Å². The SMILES string of the molecule is C#CP(=O)(Nc1ccc(C(=O)ON2C(=O)CCC2=O)cc1)OCC(C)SSC(C)C. The van der Waals surface area contributed by atoms with E-state index < -0.39 is 25.3 Å². The molecule has 0 saturated carbocycles. The van der Waals surface area contributed by atoms with E-state index >= 15 is 0 Å². The first-order valence-electron chi connectivity index (χ1n) is 9.14. The number of terminal acetylenes is 1. The third kappa shape index (κ3) is 7.10. The predicted octanol–water partition coefficient (Wildman–Crippen LogP) is 4.30. The number of amides is 2. The zero-order chi connectivity index (χ0) is 22.3. The molecule has 2 atom stereocenters. The summed E-state index contributed by atoms with van der Waals surface area (Å²) in [6.45, 7) is 6.33. The molecule has 0 aliphatic carbocycles. The minimum Gasteiger partial charge on any atom is -0.325 e. The van der Waals surface area contributed by atoms with Crippen LogP contribution in [0.5, 0.6) is 0 Å². The topological polar surface area (TPSA) is 102 Å². The summed E-state index contributed by atoms with van der Waals surface area (Å²) in [5.74, 6) is -1.97. The Hall–Kier alpha value is -1.92. The Morgan fingerprint density at radius 1 is 1.20 bits per heavy atom. The van der Waals surface area contributed by atoms with E-state index in [1.807, 2.05) is 6.92 Å². The van der Waals surface area contributed by atoms with Crippen LogP contribution in [0.1, 0.15) is 44.0 Å². The molecule has 162 valence electrons. The maximum absolute atomic E-state index is 12.8. The maximum atomic E-state index is 12.8. The van der Waals surface area contributed by atoms with Gasteiger partial charge in [-0.15, -0.1) is 11.5 Å². The van der Waals surface area contributed by atoms with Crippen LogP contribution in [0.15, 0.2) is 24.3 Å². The zero-order valence-electron chi connectivity index (χ0n) is 16.8. The molecule has 1 heterocycles. The predicted molar refractivity (Wildman–Crippen MR) is 119 cm³/mol. The minimum atomic E-state index is -3.56. The Kier molecular flexibility index (Phi) is 8.86. The fraction of sp³-hybridized carbons (Fsp3) is 0.421. The molecule has 1 aliphatic rings. The number of hydroxylamine groups is 2. The molecule has 8 nitrogen and oxygen atoms in total. The van der Waals surface area contributed by atoms with Crippen molar-refractivity contribution in [3.63, 3.8) is 0 Å². The Morgan fingerprint density at radius 3 is 2.33 bits per heavy atom. The van der Waals surface area contributed by atoms with Gasteiger partial charge in [-0.2, -0.15) is 0 Å². The molecule has 1 fully saturated rings. The van der Waals surface area contributed by atoms with Gasteiger partial charge in [0.25, 0.3) is 11.8 Å². The first kappa shape index (κ1) is 24.4. The van der Waals surface area contributed by atoms with Gasteiger partial charge in [0, 0.05) is 34.7 Å². The van der Waals surface area contributed by atoms with Crippen molar-refractivity contribution >= 4 is 52.6 Å².